The molecule has 0 spiro atoms. The summed E-state index contributed by atoms with van der Waals surface area (Å²) < 4.78 is 50.7. The molecule has 1 aromatic carbocycles. The number of nitrogens with one attached hydrogen (secondary N) is 2. The number of carbonyl (C=O) groups is 1. The van der Waals surface area contributed by atoms with Crippen molar-refractivity contribution in [1.29, 1.82) is 0 Å². The number of amides is 2. The molecule has 1 unspecified atom stereocenters. The van der Waals surface area contributed by atoms with E-state index in [0.29, 0.717) is 10.0 Å². The minimum Gasteiger partial charge on any atom is -0.494 e. The topological polar surface area (TPSA) is 172 Å². The van der Waals surface area contributed by atoms with E-state index in [4.69, 9.17) is 26.2 Å². The van der Waals surface area contributed by atoms with Gasteiger partial charge >= 0.3 is 6.03 Å². The van der Waals surface area contributed by atoms with Gasteiger partial charge < -0.3 is 14.8 Å². The summed E-state index contributed by atoms with van der Waals surface area (Å²) >= 11 is 5.94. The predicted octanol–water partition coefficient (Wildman–Crippen LogP) is 4.12. The lowest BCUT2D eigenvalue weighted by molar-refractivity contribution is 0.256. The Morgan fingerprint density at radius 1 is 1.00 bits per heavy atom. The fraction of sp³-hybridized carbons (Fsp3) is 0.435. The summed E-state index contributed by atoms with van der Waals surface area (Å²) in [6.07, 6.45) is 3.28. The van der Waals surface area contributed by atoms with Crippen LogP contribution in [0.25, 0.3) is 0 Å². The maximum absolute atomic E-state index is 12.3. The number of anilines is 1. The molecular formula is C23H36ClN7O6S2. The van der Waals surface area contributed by atoms with Crippen molar-refractivity contribution in [2.45, 2.75) is 63.7 Å². The first-order chi connectivity index (χ1) is 18.3. The van der Waals surface area contributed by atoms with Crippen LogP contribution in [0.1, 0.15) is 53.6 Å². The second-order valence-electron chi connectivity index (χ2n) is 8.00. The predicted molar refractivity (Wildman–Crippen MR) is 151 cm³/mol. The van der Waals surface area contributed by atoms with Crippen molar-refractivity contribution in [1.82, 2.24) is 24.3 Å². The molecule has 0 bridgehead atoms. The van der Waals surface area contributed by atoms with Gasteiger partial charge in [-0.3, -0.25) is 9.36 Å². The molecule has 39 heavy (non-hydrogen) atoms. The zero-order valence-electron chi connectivity index (χ0n) is 23.1. The normalized spacial score (nSPS) is 11.6. The van der Waals surface area contributed by atoms with Crippen LogP contribution in [0.15, 0.2) is 46.7 Å². The first kappa shape index (κ1) is 33.9. The van der Waals surface area contributed by atoms with Crippen LogP contribution < -0.4 is 24.7 Å². The van der Waals surface area contributed by atoms with E-state index in [0.717, 1.165) is 0 Å². The molecule has 218 valence electrons. The molecule has 4 N–H and O–H groups in total. The van der Waals surface area contributed by atoms with E-state index in [2.05, 4.69) is 15.5 Å². The highest BCUT2D eigenvalue weighted by atomic mass is 35.5. The van der Waals surface area contributed by atoms with Crippen LogP contribution in [-0.4, -0.2) is 52.4 Å². The largest absolute Gasteiger partial charge is 0.494 e. The highest BCUT2D eigenvalue weighted by Gasteiger charge is 2.23. The van der Waals surface area contributed by atoms with Crippen molar-refractivity contribution >= 4 is 44.3 Å². The van der Waals surface area contributed by atoms with Gasteiger partial charge in [-0.05, 0) is 39.8 Å². The van der Waals surface area contributed by atoms with Crippen molar-refractivity contribution in [3.05, 3.63) is 41.7 Å². The number of hydrogen-bond donors (Lipinski definition) is 3. The lowest BCUT2D eigenvalue weighted by atomic mass is 10.2. The maximum Gasteiger partial charge on any atom is 0.333 e. The average Bonchev–Trinajstić information content (AvgIpc) is 3.57. The van der Waals surface area contributed by atoms with Crippen molar-refractivity contribution < 1.29 is 26.9 Å². The number of ether oxygens (including phenoxy) is 2. The third kappa shape index (κ3) is 9.84. The lowest BCUT2D eigenvalue weighted by Crippen LogP contribution is -2.34. The monoisotopic (exact) mass is 605 g/mol. The van der Waals surface area contributed by atoms with E-state index < -0.39 is 27.0 Å². The zero-order chi connectivity index (χ0) is 29.9. The third-order valence-electron chi connectivity index (χ3n) is 4.64. The molecule has 1 atom stereocenters. The number of urea groups is 1. The SMILES string of the molecule is CC.CC(C)n1ccc(S(N)=O)n1.COc1cc(Cl)cc(OC)c1NC(=O)NS(=O)(=O)c1ccn(C(C)C)n1. The molecule has 0 saturated carbocycles. The van der Waals surface area contributed by atoms with Crippen molar-refractivity contribution in [2.75, 3.05) is 19.5 Å². The number of nitrogens with two attached hydrogens (primary N) is 1. The molecule has 3 aromatic rings. The molecule has 16 heteroatoms. The Morgan fingerprint density at radius 2 is 1.49 bits per heavy atom. The Hall–Kier alpha value is -3.14. The van der Waals surface area contributed by atoms with Crippen LogP contribution in [0, 0.1) is 0 Å². The van der Waals surface area contributed by atoms with Crippen molar-refractivity contribution in [3.63, 3.8) is 0 Å². The minimum absolute atomic E-state index is 0.0182. The van der Waals surface area contributed by atoms with Gasteiger partial charge in [0.15, 0.2) is 10.1 Å². The highest BCUT2D eigenvalue weighted by molar-refractivity contribution is 7.90. The zero-order valence-corrected chi connectivity index (χ0v) is 25.5. The molecule has 0 radical (unpaired) electrons. The van der Waals surface area contributed by atoms with Gasteiger partial charge in [0.2, 0.25) is 0 Å². The first-order valence-electron chi connectivity index (χ1n) is 11.8. The summed E-state index contributed by atoms with van der Waals surface area (Å²) in [5.74, 6) is 0.428. The van der Waals surface area contributed by atoms with Gasteiger partial charge in [-0.2, -0.15) is 18.6 Å². The molecule has 2 aromatic heterocycles. The number of carbonyl (C=O) groups excluding carboxylic acids is 1. The number of sulfonamides is 1. The Bertz CT molecular complexity index is 1330. The second kappa shape index (κ2) is 15.5. The number of methoxy groups -OCH3 is 2. The van der Waals surface area contributed by atoms with Crippen LogP contribution in [0.4, 0.5) is 10.5 Å². The van der Waals surface area contributed by atoms with Crippen LogP contribution in [-0.2, 0) is 21.0 Å². The maximum atomic E-state index is 12.3. The smallest absolute Gasteiger partial charge is 0.333 e. The van der Waals surface area contributed by atoms with Crippen LogP contribution >= 0.6 is 11.6 Å². The standard InChI is InChI=1S/C15H19ClN4O5S.C6H11N3OS.C2H6/c1-9(2)20-6-5-13(18-20)26(22,23)19-15(21)17-14-11(24-3)7-10(16)8-12(14)25-4;1-5(2)9-4-3-6(8-9)11(7)10;1-2/h5-9H,1-4H3,(H2,17,19,21);3-5H,7H2,1-2H3;1-2H3. The Labute approximate surface area is 236 Å². The third-order valence-corrected chi connectivity index (χ3v) is 6.71. The number of hydrogen-bond acceptors (Lipinski definition) is 8. The highest BCUT2D eigenvalue weighted by Crippen LogP contribution is 2.37. The van der Waals surface area contributed by atoms with Crippen molar-refractivity contribution in [3.8, 4) is 11.5 Å². The quantitative estimate of drug-likeness (QED) is 0.344. The number of halogens is 1. The molecule has 0 saturated heterocycles. The Morgan fingerprint density at radius 3 is 1.87 bits per heavy atom. The first-order valence-corrected chi connectivity index (χ1v) is 14.9. The van der Waals surface area contributed by atoms with Crippen LogP contribution in [0.2, 0.25) is 5.02 Å². The molecular weight excluding hydrogens is 570 g/mol. The van der Waals surface area contributed by atoms with Gasteiger partial charge in [0.25, 0.3) is 10.0 Å². The van der Waals surface area contributed by atoms with Crippen LogP contribution in [0.3, 0.4) is 0 Å². The van der Waals surface area contributed by atoms with Gasteiger partial charge in [0.05, 0.1) is 14.2 Å². The van der Waals surface area contributed by atoms with Gasteiger partial charge in [0.1, 0.15) is 28.2 Å². The molecule has 2 amide bonds. The summed E-state index contributed by atoms with van der Waals surface area (Å²) in [7, 11) is -2.84. The summed E-state index contributed by atoms with van der Waals surface area (Å²) in [5.41, 5.74) is 0.139. The van der Waals surface area contributed by atoms with Gasteiger partial charge in [-0.25, -0.2) is 18.9 Å². The molecule has 13 nitrogen and oxygen atoms in total. The summed E-state index contributed by atoms with van der Waals surface area (Å²) in [6, 6.07) is 5.15. The number of rotatable bonds is 8. The Kier molecular flexibility index (Phi) is 13.4. The van der Waals surface area contributed by atoms with Gasteiger partial charge in [-0.15, -0.1) is 0 Å². The van der Waals surface area contributed by atoms with E-state index in [9.17, 15) is 17.4 Å². The van der Waals surface area contributed by atoms with Crippen molar-refractivity contribution in [2.24, 2.45) is 5.14 Å². The fourth-order valence-electron chi connectivity index (χ4n) is 2.78. The molecule has 0 fully saturated rings. The Balaban J connectivity index is 0.000000487. The number of nitrogens with zero attached hydrogens (tertiary/aromatic N) is 4. The van der Waals surface area contributed by atoms with E-state index in [1.54, 1.807) is 16.9 Å². The summed E-state index contributed by atoms with van der Waals surface area (Å²) in [5, 5.41) is 15.9. The van der Waals surface area contributed by atoms with E-state index >= 15 is 0 Å². The number of benzene rings is 1. The minimum atomic E-state index is -4.14. The van der Waals surface area contributed by atoms with Gasteiger partial charge in [-0.1, -0.05) is 25.4 Å². The molecule has 2 heterocycles. The molecule has 0 aliphatic carbocycles. The van der Waals surface area contributed by atoms with E-state index in [1.165, 1.54) is 43.3 Å². The fourth-order valence-corrected chi connectivity index (χ4v) is 4.19. The molecule has 3 rings (SSSR count). The van der Waals surface area contributed by atoms with Gasteiger partial charge in [0, 0.05) is 41.6 Å². The lowest BCUT2D eigenvalue weighted by Gasteiger charge is -2.15. The molecule has 0 aliphatic rings. The van der Waals surface area contributed by atoms with Crippen LogP contribution in [0.5, 0.6) is 11.5 Å². The number of aromatic nitrogens is 4. The summed E-state index contributed by atoms with van der Waals surface area (Å²) in [6.45, 7) is 11.7. The van der Waals surface area contributed by atoms with E-state index in [1.807, 2.05) is 46.3 Å². The second-order valence-corrected chi connectivity index (χ2v) is 11.1. The van der Waals surface area contributed by atoms with E-state index in [-0.39, 0.29) is 34.3 Å². The average molecular weight is 606 g/mol. The molecule has 0 aliphatic heterocycles. The summed E-state index contributed by atoms with van der Waals surface area (Å²) in [4.78, 5) is 12.2.